The molecule has 0 aliphatic heterocycles. The summed E-state index contributed by atoms with van der Waals surface area (Å²) in [7, 11) is 0. The minimum atomic E-state index is -1.11. The van der Waals surface area contributed by atoms with Crippen LogP contribution in [0.15, 0.2) is 48.8 Å². The molecule has 0 saturated heterocycles. The quantitative estimate of drug-likeness (QED) is 0.472. The van der Waals surface area contributed by atoms with E-state index in [1.807, 2.05) is 0 Å². The second kappa shape index (κ2) is 9.96. The molecule has 1 aliphatic carbocycles. The Morgan fingerprint density at radius 3 is 2.32 bits per heavy atom. The van der Waals surface area contributed by atoms with Crippen LogP contribution in [-0.4, -0.2) is 33.1 Å². The van der Waals surface area contributed by atoms with Crippen molar-refractivity contribution < 1.29 is 18.8 Å². The van der Waals surface area contributed by atoms with Crippen molar-refractivity contribution >= 4 is 40.6 Å². The Morgan fingerprint density at radius 1 is 1.09 bits per heavy atom. The van der Waals surface area contributed by atoms with E-state index in [9.17, 15) is 18.8 Å². The summed E-state index contributed by atoms with van der Waals surface area (Å²) in [4.78, 5) is 44.2. The fourth-order valence-electron chi connectivity index (χ4n) is 4.04. The van der Waals surface area contributed by atoms with Crippen molar-refractivity contribution in [3.63, 3.8) is 0 Å². The molecule has 1 saturated carbocycles. The molecular weight excluding hydrogens is 459 g/mol. The molecule has 34 heavy (non-hydrogen) atoms. The Kier molecular flexibility index (Phi) is 6.82. The molecule has 176 valence electrons. The van der Waals surface area contributed by atoms with E-state index >= 15 is 0 Å². The van der Waals surface area contributed by atoms with Gasteiger partial charge in [0.15, 0.2) is 5.69 Å². The van der Waals surface area contributed by atoms with Gasteiger partial charge in [-0.3, -0.25) is 24.3 Å². The van der Waals surface area contributed by atoms with Gasteiger partial charge >= 0.3 is 0 Å². The third-order valence-electron chi connectivity index (χ3n) is 5.71. The van der Waals surface area contributed by atoms with Crippen LogP contribution in [0.25, 0.3) is 0 Å². The van der Waals surface area contributed by atoms with Crippen molar-refractivity contribution in [1.29, 1.82) is 0 Å². The number of nitrogens with zero attached hydrogens (tertiary/aromatic N) is 3. The predicted octanol–water partition coefficient (Wildman–Crippen LogP) is 2.81. The van der Waals surface area contributed by atoms with Crippen molar-refractivity contribution in [2.45, 2.75) is 37.8 Å². The Hall–Kier alpha value is -3.86. The number of aromatic nitrogens is 2. The normalized spacial score (nSPS) is 14.5. The number of anilines is 2. The summed E-state index contributed by atoms with van der Waals surface area (Å²) in [6.45, 7) is 0. The van der Waals surface area contributed by atoms with Gasteiger partial charge in [0, 0.05) is 24.1 Å². The molecule has 2 aromatic heterocycles. The molecule has 0 radical (unpaired) electrons. The maximum atomic E-state index is 13.8. The minimum Gasteiger partial charge on any atom is -0.395 e. The largest absolute Gasteiger partial charge is 0.395 e. The molecule has 1 fully saturated rings. The molecule has 1 aromatic carbocycles. The first-order chi connectivity index (χ1) is 16.4. The van der Waals surface area contributed by atoms with Crippen LogP contribution < -0.4 is 21.7 Å². The van der Waals surface area contributed by atoms with Crippen LogP contribution in [0.2, 0.25) is 0 Å². The molecule has 11 heteroatoms. The molecule has 3 amide bonds. The molecule has 0 bridgehead atoms. The summed E-state index contributed by atoms with van der Waals surface area (Å²) < 4.78 is 17.6. The third kappa shape index (κ3) is 4.74. The van der Waals surface area contributed by atoms with Crippen molar-refractivity contribution in [2.75, 3.05) is 10.6 Å². The zero-order chi connectivity index (χ0) is 24.2. The first kappa shape index (κ1) is 23.3. The molecule has 1 atom stereocenters. The van der Waals surface area contributed by atoms with Crippen LogP contribution in [0, 0.1) is 5.82 Å². The lowest BCUT2D eigenvalue weighted by molar-refractivity contribution is -0.123. The third-order valence-corrected chi connectivity index (χ3v) is 6.56. The second-order valence-corrected chi connectivity index (χ2v) is 8.74. The van der Waals surface area contributed by atoms with Gasteiger partial charge in [0.2, 0.25) is 5.91 Å². The molecule has 9 nitrogen and oxygen atoms in total. The lowest BCUT2D eigenvalue weighted by Gasteiger charge is -2.32. The number of primary amides is 1. The number of carbonyl (C=O) groups is 3. The highest BCUT2D eigenvalue weighted by atomic mass is 32.1. The number of pyridine rings is 1. The number of benzene rings is 1. The number of hydrogen-bond donors (Lipinski definition) is 3. The highest BCUT2D eigenvalue weighted by Crippen LogP contribution is 2.33. The summed E-state index contributed by atoms with van der Waals surface area (Å²) in [5, 5.41) is 3.04. The molecule has 0 unspecified atom stereocenters. The summed E-state index contributed by atoms with van der Waals surface area (Å²) in [6.07, 6.45) is 6.76. The maximum Gasteiger partial charge on any atom is 0.273 e. The number of amides is 3. The van der Waals surface area contributed by atoms with Crippen LogP contribution in [0.3, 0.4) is 0 Å². The van der Waals surface area contributed by atoms with E-state index < -0.39 is 29.6 Å². The number of hydrogen-bond acceptors (Lipinski definition) is 7. The fraction of sp³-hybridized carbons (Fsp3) is 0.261. The zero-order valence-corrected chi connectivity index (χ0v) is 18.9. The van der Waals surface area contributed by atoms with Crippen molar-refractivity contribution in [1.82, 2.24) is 14.7 Å². The number of nitrogens with two attached hydrogens (primary N) is 2. The summed E-state index contributed by atoms with van der Waals surface area (Å²) in [5.74, 6) is -2.43. The van der Waals surface area contributed by atoms with Gasteiger partial charge in [-0.15, -0.1) is 0 Å². The maximum absolute atomic E-state index is 13.8. The van der Waals surface area contributed by atoms with Gasteiger partial charge in [-0.25, -0.2) is 4.39 Å². The molecule has 4 rings (SSSR count). The number of carbonyl (C=O) groups excluding carboxylic acids is 3. The lowest BCUT2D eigenvalue weighted by Crippen LogP contribution is -2.46. The average molecular weight is 483 g/mol. The Bertz CT molecular complexity index is 1200. The van der Waals surface area contributed by atoms with E-state index in [0.29, 0.717) is 17.1 Å². The van der Waals surface area contributed by atoms with Gasteiger partial charge < -0.3 is 16.8 Å². The molecule has 5 N–H and O–H groups in total. The van der Waals surface area contributed by atoms with E-state index in [-0.39, 0.29) is 28.0 Å². The molecule has 2 heterocycles. The smallest absolute Gasteiger partial charge is 0.273 e. The molecule has 1 aliphatic rings. The molecular formula is C23H23FN6O3S. The highest BCUT2D eigenvalue weighted by Gasteiger charge is 2.37. The molecule has 0 spiro atoms. The number of nitrogen functional groups attached to an aromatic ring is 1. The molecule has 3 aromatic rings. The average Bonchev–Trinajstić information content (AvgIpc) is 3.47. The van der Waals surface area contributed by atoms with Gasteiger partial charge in [0.1, 0.15) is 16.7 Å². The summed E-state index contributed by atoms with van der Waals surface area (Å²) in [6, 6.07) is 7.34. The summed E-state index contributed by atoms with van der Waals surface area (Å²) >= 11 is 0.711. The fourth-order valence-corrected chi connectivity index (χ4v) is 4.78. The van der Waals surface area contributed by atoms with Crippen LogP contribution in [0.4, 0.5) is 15.8 Å². The van der Waals surface area contributed by atoms with E-state index in [1.165, 1.54) is 41.6 Å². The Morgan fingerprint density at radius 2 is 1.74 bits per heavy atom. The van der Waals surface area contributed by atoms with E-state index in [4.69, 9.17) is 11.5 Å². The van der Waals surface area contributed by atoms with Crippen LogP contribution in [-0.2, 0) is 4.79 Å². The Labute approximate surface area is 199 Å². The predicted molar refractivity (Wildman–Crippen MR) is 126 cm³/mol. The first-order valence-corrected chi connectivity index (χ1v) is 11.5. The standard InChI is InChI=1S/C23H23FN6O3S/c24-14-5-7-16(8-6-14)30(23(33)20-17(25)18(21(26)31)29-34-20)19(13-9-11-27-12-10-13)22(32)28-15-3-1-2-4-15/h5-12,15,19H,1-4,25H2,(H2,26,31)(H,28,32)/t19-/m0/s1. The van der Waals surface area contributed by atoms with E-state index in [0.717, 1.165) is 25.7 Å². The number of rotatable bonds is 7. The van der Waals surface area contributed by atoms with Gasteiger partial charge in [-0.05, 0) is 66.3 Å². The van der Waals surface area contributed by atoms with E-state index in [2.05, 4.69) is 14.7 Å². The van der Waals surface area contributed by atoms with Crippen LogP contribution in [0.1, 0.15) is 57.4 Å². The topological polar surface area (TPSA) is 144 Å². The van der Waals surface area contributed by atoms with Gasteiger partial charge in [-0.2, -0.15) is 4.37 Å². The lowest BCUT2D eigenvalue weighted by atomic mass is 10.0. The number of halogens is 1. The summed E-state index contributed by atoms with van der Waals surface area (Å²) in [5.41, 5.74) is 11.7. The van der Waals surface area contributed by atoms with Crippen molar-refractivity contribution in [3.8, 4) is 0 Å². The SMILES string of the molecule is NC(=O)c1nsc(C(=O)N(c2ccc(F)cc2)[C@H](C(=O)NC2CCCC2)c2ccncc2)c1N. The van der Waals surface area contributed by atoms with Gasteiger partial charge in [0.05, 0.1) is 5.69 Å². The monoisotopic (exact) mass is 482 g/mol. The van der Waals surface area contributed by atoms with Crippen LogP contribution in [0.5, 0.6) is 0 Å². The Balaban J connectivity index is 1.83. The van der Waals surface area contributed by atoms with Crippen molar-refractivity contribution in [3.05, 3.63) is 70.7 Å². The van der Waals surface area contributed by atoms with Gasteiger partial charge in [0.25, 0.3) is 11.8 Å². The van der Waals surface area contributed by atoms with Crippen LogP contribution >= 0.6 is 11.5 Å². The van der Waals surface area contributed by atoms with Gasteiger partial charge in [-0.1, -0.05) is 12.8 Å². The number of nitrogens with one attached hydrogen (secondary N) is 1. The van der Waals surface area contributed by atoms with E-state index in [1.54, 1.807) is 12.1 Å². The highest BCUT2D eigenvalue weighted by molar-refractivity contribution is 7.09. The first-order valence-electron chi connectivity index (χ1n) is 10.7. The second-order valence-electron chi connectivity index (χ2n) is 7.96. The minimum absolute atomic E-state index is 0.00283. The van der Waals surface area contributed by atoms with Crippen molar-refractivity contribution in [2.24, 2.45) is 5.73 Å². The zero-order valence-electron chi connectivity index (χ0n) is 18.1.